The third kappa shape index (κ3) is 1.80. The van der Waals surface area contributed by atoms with E-state index < -0.39 is 0 Å². The standard InChI is InChI=1S/C17H16/c1-13-7-2-4-10-15(13)17-12-6-9-14-8-3-5-11-16(14)17/h2-6,8-13H,7H2,1H3. The van der Waals surface area contributed by atoms with Crippen LogP contribution in [0.4, 0.5) is 0 Å². The van der Waals surface area contributed by atoms with E-state index in [0.717, 1.165) is 6.42 Å². The largest absolute Gasteiger partial charge is 0.0839 e. The molecule has 0 nitrogen and oxygen atoms in total. The number of benzene rings is 2. The fourth-order valence-electron chi connectivity index (χ4n) is 2.58. The van der Waals surface area contributed by atoms with Crippen molar-refractivity contribution in [2.24, 2.45) is 5.92 Å². The molecule has 1 atom stereocenters. The van der Waals surface area contributed by atoms with E-state index in [2.05, 4.69) is 67.6 Å². The van der Waals surface area contributed by atoms with Gasteiger partial charge in [-0.05, 0) is 34.2 Å². The molecule has 0 fully saturated rings. The highest BCUT2D eigenvalue weighted by molar-refractivity contribution is 5.94. The fraction of sp³-hybridized carbons (Fsp3) is 0.176. The molecule has 0 bridgehead atoms. The Balaban J connectivity index is 2.24. The van der Waals surface area contributed by atoms with E-state index in [-0.39, 0.29) is 0 Å². The first-order chi connectivity index (χ1) is 8.36. The molecule has 0 heterocycles. The molecule has 0 saturated heterocycles. The maximum absolute atomic E-state index is 2.30. The second-order valence-corrected chi connectivity index (χ2v) is 4.71. The van der Waals surface area contributed by atoms with Gasteiger partial charge in [-0.25, -0.2) is 0 Å². The molecule has 0 aromatic heterocycles. The maximum atomic E-state index is 2.30. The molecule has 0 N–H and O–H groups in total. The lowest BCUT2D eigenvalue weighted by Crippen LogP contribution is -2.01. The van der Waals surface area contributed by atoms with Crippen LogP contribution in [-0.2, 0) is 0 Å². The molecule has 3 rings (SSSR count). The van der Waals surface area contributed by atoms with Crippen LogP contribution >= 0.6 is 0 Å². The van der Waals surface area contributed by atoms with Gasteiger partial charge in [-0.1, -0.05) is 67.6 Å². The second-order valence-electron chi connectivity index (χ2n) is 4.71. The van der Waals surface area contributed by atoms with Gasteiger partial charge in [0.15, 0.2) is 0 Å². The first-order valence-corrected chi connectivity index (χ1v) is 6.21. The fourth-order valence-corrected chi connectivity index (χ4v) is 2.58. The van der Waals surface area contributed by atoms with Crippen LogP contribution in [0.1, 0.15) is 18.9 Å². The average molecular weight is 220 g/mol. The molecule has 2 aromatic carbocycles. The molecule has 1 aliphatic carbocycles. The predicted molar refractivity (Wildman–Crippen MR) is 74.8 cm³/mol. The summed E-state index contributed by atoms with van der Waals surface area (Å²) < 4.78 is 0. The molecule has 0 heteroatoms. The van der Waals surface area contributed by atoms with Crippen molar-refractivity contribution in [1.29, 1.82) is 0 Å². The number of rotatable bonds is 1. The van der Waals surface area contributed by atoms with Crippen LogP contribution in [0.25, 0.3) is 16.3 Å². The number of hydrogen-bond donors (Lipinski definition) is 0. The van der Waals surface area contributed by atoms with Crippen molar-refractivity contribution in [3.05, 3.63) is 66.3 Å². The minimum Gasteiger partial charge on any atom is -0.0839 e. The van der Waals surface area contributed by atoms with Crippen LogP contribution in [-0.4, -0.2) is 0 Å². The molecule has 84 valence electrons. The number of hydrogen-bond acceptors (Lipinski definition) is 0. The van der Waals surface area contributed by atoms with Crippen molar-refractivity contribution in [2.45, 2.75) is 13.3 Å². The highest BCUT2D eigenvalue weighted by atomic mass is 14.2. The van der Waals surface area contributed by atoms with Gasteiger partial charge in [0.1, 0.15) is 0 Å². The summed E-state index contributed by atoms with van der Waals surface area (Å²) in [5.41, 5.74) is 2.85. The van der Waals surface area contributed by atoms with Gasteiger partial charge in [-0.3, -0.25) is 0 Å². The zero-order chi connectivity index (χ0) is 11.7. The van der Waals surface area contributed by atoms with Crippen molar-refractivity contribution < 1.29 is 0 Å². The quantitative estimate of drug-likeness (QED) is 0.646. The summed E-state index contributed by atoms with van der Waals surface area (Å²) in [5, 5.41) is 2.69. The maximum Gasteiger partial charge on any atom is -0.0109 e. The van der Waals surface area contributed by atoms with Crippen LogP contribution in [0.5, 0.6) is 0 Å². The molecule has 1 aliphatic rings. The molecular weight excluding hydrogens is 204 g/mol. The van der Waals surface area contributed by atoms with Crippen LogP contribution in [0.15, 0.2) is 60.7 Å². The molecule has 2 aromatic rings. The van der Waals surface area contributed by atoms with Gasteiger partial charge < -0.3 is 0 Å². The Morgan fingerprint density at radius 2 is 1.82 bits per heavy atom. The Labute approximate surface area is 102 Å². The Morgan fingerprint density at radius 3 is 2.71 bits per heavy atom. The molecule has 1 unspecified atom stereocenters. The normalized spacial score (nSPS) is 19.4. The van der Waals surface area contributed by atoms with E-state index in [1.165, 1.54) is 21.9 Å². The Hall–Kier alpha value is -1.82. The predicted octanol–water partition coefficient (Wildman–Crippen LogP) is 4.82. The van der Waals surface area contributed by atoms with Gasteiger partial charge in [0, 0.05) is 0 Å². The van der Waals surface area contributed by atoms with E-state index in [1.54, 1.807) is 0 Å². The summed E-state index contributed by atoms with van der Waals surface area (Å²) in [7, 11) is 0. The molecular formula is C17H16. The number of allylic oxidation sites excluding steroid dienone is 4. The van der Waals surface area contributed by atoms with Crippen LogP contribution in [0.3, 0.4) is 0 Å². The molecule has 0 amide bonds. The average Bonchev–Trinajstić information content (AvgIpc) is 2.39. The molecule has 0 radical (unpaired) electrons. The Kier molecular flexibility index (Phi) is 2.56. The highest BCUT2D eigenvalue weighted by Gasteiger charge is 2.13. The van der Waals surface area contributed by atoms with Crippen LogP contribution in [0.2, 0.25) is 0 Å². The van der Waals surface area contributed by atoms with Gasteiger partial charge in [0.2, 0.25) is 0 Å². The Bertz CT molecular complexity index is 597. The third-order valence-electron chi connectivity index (χ3n) is 3.53. The van der Waals surface area contributed by atoms with Crippen molar-refractivity contribution in [3.8, 4) is 0 Å². The smallest absolute Gasteiger partial charge is 0.0109 e. The summed E-state index contributed by atoms with van der Waals surface area (Å²) in [6.07, 6.45) is 7.83. The van der Waals surface area contributed by atoms with E-state index in [4.69, 9.17) is 0 Å². The summed E-state index contributed by atoms with van der Waals surface area (Å²) in [5.74, 6) is 0.616. The zero-order valence-electron chi connectivity index (χ0n) is 10.1. The van der Waals surface area contributed by atoms with Crippen molar-refractivity contribution in [2.75, 3.05) is 0 Å². The first-order valence-electron chi connectivity index (χ1n) is 6.21. The van der Waals surface area contributed by atoms with Gasteiger partial charge in [-0.15, -0.1) is 0 Å². The van der Waals surface area contributed by atoms with E-state index in [0.29, 0.717) is 5.92 Å². The van der Waals surface area contributed by atoms with Gasteiger partial charge in [-0.2, -0.15) is 0 Å². The van der Waals surface area contributed by atoms with Crippen LogP contribution in [0, 0.1) is 5.92 Å². The second kappa shape index (κ2) is 4.21. The van der Waals surface area contributed by atoms with Gasteiger partial charge in [0.25, 0.3) is 0 Å². The van der Waals surface area contributed by atoms with E-state index >= 15 is 0 Å². The highest BCUT2D eigenvalue weighted by Crippen LogP contribution is 2.33. The van der Waals surface area contributed by atoms with Gasteiger partial charge >= 0.3 is 0 Å². The number of fused-ring (bicyclic) bond motifs is 1. The summed E-state index contributed by atoms with van der Waals surface area (Å²) in [6, 6.07) is 15.2. The van der Waals surface area contributed by atoms with Crippen molar-refractivity contribution in [3.63, 3.8) is 0 Å². The topological polar surface area (TPSA) is 0 Å². The van der Waals surface area contributed by atoms with Crippen LogP contribution < -0.4 is 0 Å². The first kappa shape index (κ1) is 10.3. The minimum absolute atomic E-state index is 0.616. The summed E-state index contributed by atoms with van der Waals surface area (Å²) in [6.45, 7) is 2.30. The SMILES string of the molecule is CC1CC=CC=C1c1cccc2ccccc12. The monoisotopic (exact) mass is 220 g/mol. The molecule has 0 saturated carbocycles. The molecule has 17 heavy (non-hydrogen) atoms. The minimum atomic E-state index is 0.616. The summed E-state index contributed by atoms with van der Waals surface area (Å²) in [4.78, 5) is 0. The third-order valence-corrected chi connectivity index (χ3v) is 3.53. The van der Waals surface area contributed by atoms with Crippen molar-refractivity contribution >= 4 is 16.3 Å². The molecule has 0 spiro atoms. The van der Waals surface area contributed by atoms with E-state index in [1.807, 2.05) is 0 Å². The van der Waals surface area contributed by atoms with Gasteiger partial charge in [0.05, 0.1) is 0 Å². The Morgan fingerprint density at radius 1 is 1.00 bits per heavy atom. The lowest BCUT2D eigenvalue weighted by atomic mass is 9.86. The summed E-state index contributed by atoms with van der Waals surface area (Å²) >= 11 is 0. The molecule has 0 aliphatic heterocycles. The lowest BCUT2D eigenvalue weighted by Gasteiger charge is -2.19. The lowest BCUT2D eigenvalue weighted by molar-refractivity contribution is 0.759. The zero-order valence-corrected chi connectivity index (χ0v) is 10.1. The van der Waals surface area contributed by atoms with E-state index in [9.17, 15) is 0 Å². The van der Waals surface area contributed by atoms with Crippen molar-refractivity contribution in [1.82, 2.24) is 0 Å².